The molecule has 1 N–H and O–H groups in total. The molecule has 0 radical (unpaired) electrons. The molecule has 0 aromatic carbocycles. The van der Waals surface area contributed by atoms with Crippen LogP contribution in [0.15, 0.2) is 0 Å². The summed E-state index contributed by atoms with van der Waals surface area (Å²) in [5, 5.41) is 0. The van der Waals surface area contributed by atoms with Gasteiger partial charge in [-0.25, -0.2) is 4.57 Å². The molecule has 0 aliphatic carbocycles. The molecule has 0 amide bonds. The molecule has 1 unspecified atom stereocenters. The van der Waals surface area contributed by atoms with Crippen LogP contribution in [0.1, 0.15) is 78.1 Å². The fourth-order valence-corrected chi connectivity index (χ4v) is 2.73. The average Bonchev–Trinajstić information content (AvgIpc) is 2.36. The Balaban J connectivity index is 0. The Morgan fingerprint density at radius 2 is 1.25 bits per heavy atom. The van der Waals surface area contributed by atoms with Gasteiger partial charge in [0.15, 0.2) is 0 Å². The summed E-state index contributed by atoms with van der Waals surface area (Å²) in [5.41, 5.74) is 0. The van der Waals surface area contributed by atoms with Crippen molar-refractivity contribution in [1.82, 2.24) is 0 Å². The van der Waals surface area contributed by atoms with Gasteiger partial charge in [-0.1, -0.05) is 64.7 Å². The molecule has 0 saturated heterocycles. The SMILES string of the molecule is CCCCCCCCCCCCOP(=O)(O)OCC.[NaH]. The standard InChI is InChI=1S/C14H31O4P.Na.H/c1-3-5-6-7-8-9-10-11-12-13-14-18-19(15,16)17-4-2;;/h3-14H2,1-2H3,(H,15,16);;. The first-order chi connectivity index (χ1) is 9.12. The molecule has 4 nitrogen and oxygen atoms in total. The monoisotopic (exact) mass is 318 g/mol. The van der Waals surface area contributed by atoms with Gasteiger partial charge < -0.3 is 4.89 Å². The van der Waals surface area contributed by atoms with Gasteiger partial charge in [-0.05, 0) is 13.3 Å². The molecule has 0 aromatic heterocycles. The first kappa shape index (κ1) is 23.4. The minimum atomic E-state index is -3.77. The van der Waals surface area contributed by atoms with Crippen LogP contribution in [0.25, 0.3) is 0 Å². The number of phosphoric acid groups is 1. The van der Waals surface area contributed by atoms with E-state index in [0.29, 0.717) is 6.61 Å². The Morgan fingerprint density at radius 1 is 0.800 bits per heavy atom. The van der Waals surface area contributed by atoms with Crippen LogP contribution in [0.3, 0.4) is 0 Å². The van der Waals surface area contributed by atoms with E-state index in [1.807, 2.05) is 0 Å². The molecule has 1 atom stereocenters. The van der Waals surface area contributed by atoms with Gasteiger partial charge in [-0.3, -0.25) is 9.05 Å². The Kier molecular flexibility index (Phi) is 19.3. The molecule has 0 rings (SSSR count). The fraction of sp³-hybridized carbons (Fsp3) is 1.00. The molecular weight excluding hydrogens is 286 g/mol. The van der Waals surface area contributed by atoms with Crippen molar-refractivity contribution in [2.75, 3.05) is 13.2 Å². The van der Waals surface area contributed by atoms with E-state index in [1.54, 1.807) is 6.92 Å². The third kappa shape index (κ3) is 17.2. The van der Waals surface area contributed by atoms with Crippen LogP contribution in [-0.2, 0) is 13.6 Å². The zero-order valence-corrected chi connectivity index (χ0v) is 13.5. The van der Waals surface area contributed by atoms with Crippen molar-refractivity contribution in [3.63, 3.8) is 0 Å². The molecule has 6 heteroatoms. The normalized spacial score (nSPS) is 13.8. The first-order valence-corrected chi connectivity index (χ1v) is 9.23. The Labute approximate surface area is 146 Å². The maximum atomic E-state index is 11.2. The Hall–Kier alpha value is 1.11. The van der Waals surface area contributed by atoms with Crippen molar-refractivity contribution in [2.45, 2.75) is 78.1 Å². The van der Waals surface area contributed by atoms with Crippen LogP contribution in [0.2, 0.25) is 0 Å². The van der Waals surface area contributed by atoms with E-state index in [1.165, 1.54) is 51.4 Å². The summed E-state index contributed by atoms with van der Waals surface area (Å²) in [5.74, 6) is 0. The summed E-state index contributed by atoms with van der Waals surface area (Å²) >= 11 is 0. The Morgan fingerprint density at radius 3 is 1.70 bits per heavy atom. The fourth-order valence-electron chi connectivity index (χ4n) is 1.97. The van der Waals surface area contributed by atoms with E-state index in [0.717, 1.165) is 12.8 Å². The minimum absolute atomic E-state index is 0. The van der Waals surface area contributed by atoms with Gasteiger partial charge in [0.25, 0.3) is 0 Å². The molecular formula is C14H32NaO4P. The Bertz CT molecular complexity index is 239. The van der Waals surface area contributed by atoms with Gasteiger partial charge in [0.2, 0.25) is 0 Å². The van der Waals surface area contributed by atoms with E-state index in [-0.39, 0.29) is 36.2 Å². The molecule has 0 heterocycles. The van der Waals surface area contributed by atoms with E-state index in [2.05, 4.69) is 11.4 Å². The van der Waals surface area contributed by atoms with Gasteiger partial charge in [0.1, 0.15) is 0 Å². The quantitative estimate of drug-likeness (QED) is 0.293. The second kappa shape index (κ2) is 16.5. The topological polar surface area (TPSA) is 55.8 Å². The van der Waals surface area contributed by atoms with Crippen molar-refractivity contribution in [1.29, 1.82) is 0 Å². The maximum absolute atomic E-state index is 11.2. The zero-order chi connectivity index (χ0) is 14.4. The summed E-state index contributed by atoms with van der Waals surface area (Å²) in [7, 11) is -3.77. The van der Waals surface area contributed by atoms with E-state index >= 15 is 0 Å². The van der Waals surface area contributed by atoms with Gasteiger partial charge in [-0.2, -0.15) is 0 Å². The molecule has 0 aliphatic heterocycles. The van der Waals surface area contributed by atoms with Gasteiger partial charge in [0.05, 0.1) is 13.2 Å². The second-order valence-corrected chi connectivity index (χ2v) is 6.36. The van der Waals surface area contributed by atoms with Gasteiger partial charge >= 0.3 is 37.4 Å². The molecule has 118 valence electrons. The predicted octanol–water partition coefficient (Wildman–Crippen LogP) is 4.41. The van der Waals surface area contributed by atoms with Gasteiger partial charge in [-0.15, -0.1) is 0 Å². The van der Waals surface area contributed by atoms with Crippen molar-refractivity contribution in [3.8, 4) is 0 Å². The third-order valence-corrected chi connectivity index (χ3v) is 4.14. The molecule has 0 saturated carbocycles. The predicted molar refractivity (Wildman–Crippen MR) is 86.4 cm³/mol. The molecule has 0 aromatic rings. The van der Waals surface area contributed by atoms with E-state index < -0.39 is 7.82 Å². The van der Waals surface area contributed by atoms with Crippen LogP contribution in [0, 0.1) is 0 Å². The molecule has 0 fully saturated rings. The summed E-state index contributed by atoms with van der Waals surface area (Å²) in [6.07, 6.45) is 12.4. The van der Waals surface area contributed by atoms with E-state index in [9.17, 15) is 4.57 Å². The third-order valence-electron chi connectivity index (χ3n) is 3.04. The zero-order valence-electron chi connectivity index (χ0n) is 12.6. The van der Waals surface area contributed by atoms with Crippen molar-refractivity contribution >= 4 is 37.4 Å². The van der Waals surface area contributed by atoms with E-state index in [4.69, 9.17) is 9.42 Å². The van der Waals surface area contributed by atoms with Crippen LogP contribution in [0.5, 0.6) is 0 Å². The number of hydrogen-bond acceptors (Lipinski definition) is 3. The number of unbranched alkanes of at least 4 members (excludes halogenated alkanes) is 9. The summed E-state index contributed by atoms with van der Waals surface area (Å²) in [4.78, 5) is 9.17. The molecule has 0 bridgehead atoms. The first-order valence-electron chi connectivity index (χ1n) is 7.74. The average molecular weight is 318 g/mol. The van der Waals surface area contributed by atoms with Crippen molar-refractivity contribution in [2.24, 2.45) is 0 Å². The summed E-state index contributed by atoms with van der Waals surface area (Å²) < 4.78 is 20.6. The molecule has 0 aliphatic rings. The van der Waals surface area contributed by atoms with Crippen molar-refractivity contribution < 1.29 is 18.5 Å². The summed E-state index contributed by atoms with van der Waals surface area (Å²) in [6, 6.07) is 0. The summed E-state index contributed by atoms with van der Waals surface area (Å²) in [6.45, 7) is 4.42. The number of rotatable bonds is 14. The van der Waals surface area contributed by atoms with Crippen LogP contribution in [-0.4, -0.2) is 47.7 Å². The molecule has 20 heavy (non-hydrogen) atoms. The van der Waals surface area contributed by atoms with Crippen LogP contribution in [0.4, 0.5) is 0 Å². The van der Waals surface area contributed by atoms with Crippen LogP contribution >= 0.6 is 7.82 Å². The van der Waals surface area contributed by atoms with Crippen molar-refractivity contribution in [3.05, 3.63) is 0 Å². The number of hydrogen-bond donors (Lipinski definition) is 1. The molecule has 0 spiro atoms. The van der Waals surface area contributed by atoms with Crippen LogP contribution < -0.4 is 0 Å². The second-order valence-electron chi connectivity index (χ2n) is 4.90. The number of phosphoric ester groups is 1. The van der Waals surface area contributed by atoms with Gasteiger partial charge in [0, 0.05) is 0 Å².